The van der Waals surface area contributed by atoms with E-state index in [1.54, 1.807) is 0 Å². The Morgan fingerprint density at radius 1 is 1.36 bits per heavy atom. The standard InChI is InChI=1S/C12H26N2/c1-5-12(6-2)14(4)9-11-7-8-13-10(11)3/h10-13H,5-9H2,1-4H3. The molecule has 0 bridgehead atoms. The molecule has 0 spiro atoms. The summed E-state index contributed by atoms with van der Waals surface area (Å²) in [4.78, 5) is 2.55. The first-order valence-corrected chi connectivity index (χ1v) is 6.12. The Morgan fingerprint density at radius 2 is 2.00 bits per heavy atom. The van der Waals surface area contributed by atoms with Crippen molar-refractivity contribution in [3.8, 4) is 0 Å². The van der Waals surface area contributed by atoms with E-state index in [-0.39, 0.29) is 0 Å². The van der Waals surface area contributed by atoms with E-state index in [0.29, 0.717) is 6.04 Å². The van der Waals surface area contributed by atoms with Crippen LogP contribution >= 0.6 is 0 Å². The van der Waals surface area contributed by atoms with E-state index < -0.39 is 0 Å². The molecule has 0 saturated carbocycles. The molecule has 1 aliphatic rings. The van der Waals surface area contributed by atoms with Gasteiger partial charge < -0.3 is 10.2 Å². The fourth-order valence-corrected chi connectivity index (χ4v) is 2.59. The van der Waals surface area contributed by atoms with Gasteiger partial charge >= 0.3 is 0 Å². The van der Waals surface area contributed by atoms with Crippen LogP contribution in [0.4, 0.5) is 0 Å². The van der Waals surface area contributed by atoms with Crippen molar-refractivity contribution < 1.29 is 0 Å². The minimum absolute atomic E-state index is 0.715. The van der Waals surface area contributed by atoms with Gasteiger partial charge in [0, 0.05) is 18.6 Å². The van der Waals surface area contributed by atoms with Crippen LogP contribution in [0.2, 0.25) is 0 Å². The molecule has 0 aromatic rings. The van der Waals surface area contributed by atoms with Gasteiger partial charge in [-0.2, -0.15) is 0 Å². The number of hydrogen-bond donors (Lipinski definition) is 1. The van der Waals surface area contributed by atoms with Gasteiger partial charge in [-0.25, -0.2) is 0 Å². The Kier molecular flexibility index (Phi) is 4.90. The van der Waals surface area contributed by atoms with E-state index in [0.717, 1.165) is 12.0 Å². The maximum atomic E-state index is 3.52. The predicted molar refractivity (Wildman–Crippen MR) is 62.6 cm³/mol. The largest absolute Gasteiger partial charge is 0.314 e. The molecule has 0 amide bonds. The first-order chi connectivity index (χ1) is 6.69. The average molecular weight is 198 g/mol. The van der Waals surface area contributed by atoms with Gasteiger partial charge in [0.1, 0.15) is 0 Å². The van der Waals surface area contributed by atoms with Crippen molar-refractivity contribution in [1.82, 2.24) is 10.2 Å². The van der Waals surface area contributed by atoms with Crippen LogP contribution in [0.5, 0.6) is 0 Å². The second-order valence-corrected chi connectivity index (χ2v) is 4.70. The van der Waals surface area contributed by atoms with Crippen LogP contribution in [-0.4, -0.2) is 37.1 Å². The summed E-state index contributed by atoms with van der Waals surface area (Å²) in [5.74, 6) is 0.862. The lowest BCUT2D eigenvalue weighted by Crippen LogP contribution is -2.38. The molecule has 0 aliphatic carbocycles. The summed E-state index contributed by atoms with van der Waals surface area (Å²) in [6, 6.07) is 1.50. The van der Waals surface area contributed by atoms with Gasteiger partial charge in [0.05, 0.1) is 0 Å². The summed E-state index contributed by atoms with van der Waals surface area (Å²) in [5, 5.41) is 3.52. The number of nitrogens with zero attached hydrogens (tertiary/aromatic N) is 1. The lowest BCUT2D eigenvalue weighted by Gasteiger charge is -2.29. The van der Waals surface area contributed by atoms with Crippen LogP contribution in [0.15, 0.2) is 0 Å². The second kappa shape index (κ2) is 5.72. The Hall–Kier alpha value is -0.0800. The third-order valence-corrected chi connectivity index (χ3v) is 3.78. The van der Waals surface area contributed by atoms with Crippen LogP contribution in [0.3, 0.4) is 0 Å². The van der Waals surface area contributed by atoms with E-state index in [1.165, 1.54) is 32.4 Å². The predicted octanol–water partition coefficient (Wildman–Crippen LogP) is 2.10. The Morgan fingerprint density at radius 3 is 2.43 bits per heavy atom. The highest BCUT2D eigenvalue weighted by Gasteiger charge is 2.25. The molecule has 0 aromatic heterocycles. The van der Waals surface area contributed by atoms with Crippen molar-refractivity contribution >= 4 is 0 Å². The molecule has 0 aromatic carbocycles. The smallest absolute Gasteiger partial charge is 0.00870 e. The van der Waals surface area contributed by atoms with Gasteiger partial charge in [-0.1, -0.05) is 13.8 Å². The third kappa shape index (κ3) is 2.96. The summed E-state index contributed by atoms with van der Waals surface area (Å²) < 4.78 is 0. The lowest BCUT2D eigenvalue weighted by atomic mass is 10.00. The summed E-state index contributed by atoms with van der Waals surface area (Å²) in [6.45, 7) is 9.38. The zero-order valence-electron chi connectivity index (χ0n) is 10.2. The van der Waals surface area contributed by atoms with Crippen molar-refractivity contribution in [2.45, 2.75) is 52.1 Å². The van der Waals surface area contributed by atoms with Gasteiger partial charge in [-0.3, -0.25) is 0 Å². The number of hydrogen-bond acceptors (Lipinski definition) is 2. The fourth-order valence-electron chi connectivity index (χ4n) is 2.59. The minimum Gasteiger partial charge on any atom is -0.314 e. The topological polar surface area (TPSA) is 15.3 Å². The second-order valence-electron chi connectivity index (χ2n) is 4.70. The zero-order valence-corrected chi connectivity index (χ0v) is 10.2. The maximum Gasteiger partial charge on any atom is 0.00870 e. The Labute approximate surface area is 89.1 Å². The zero-order chi connectivity index (χ0) is 10.6. The Bertz CT molecular complexity index is 154. The van der Waals surface area contributed by atoms with Gasteiger partial charge in [0.2, 0.25) is 0 Å². The third-order valence-electron chi connectivity index (χ3n) is 3.78. The van der Waals surface area contributed by atoms with Crippen LogP contribution < -0.4 is 5.32 Å². The summed E-state index contributed by atoms with van der Waals surface area (Å²) in [7, 11) is 2.28. The van der Waals surface area contributed by atoms with E-state index >= 15 is 0 Å². The summed E-state index contributed by atoms with van der Waals surface area (Å²) in [5.41, 5.74) is 0. The molecule has 0 radical (unpaired) electrons. The van der Waals surface area contributed by atoms with Crippen molar-refractivity contribution in [2.75, 3.05) is 20.1 Å². The highest BCUT2D eigenvalue weighted by molar-refractivity contribution is 4.83. The highest BCUT2D eigenvalue weighted by atomic mass is 15.1. The van der Waals surface area contributed by atoms with Crippen LogP contribution in [0.1, 0.15) is 40.0 Å². The molecule has 84 valence electrons. The quantitative estimate of drug-likeness (QED) is 0.728. The molecular weight excluding hydrogens is 172 g/mol. The van der Waals surface area contributed by atoms with Crippen LogP contribution in [-0.2, 0) is 0 Å². The number of rotatable bonds is 5. The molecule has 1 heterocycles. The van der Waals surface area contributed by atoms with Crippen molar-refractivity contribution in [3.05, 3.63) is 0 Å². The molecule has 1 aliphatic heterocycles. The molecule has 1 saturated heterocycles. The molecule has 1 fully saturated rings. The molecule has 2 nitrogen and oxygen atoms in total. The summed E-state index contributed by atoms with van der Waals surface area (Å²) in [6.07, 6.45) is 3.91. The van der Waals surface area contributed by atoms with Gasteiger partial charge in [0.15, 0.2) is 0 Å². The van der Waals surface area contributed by atoms with Crippen molar-refractivity contribution in [1.29, 1.82) is 0 Å². The molecule has 1 rings (SSSR count). The molecule has 2 unspecified atom stereocenters. The van der Waals surface area contributed by atoms with Gasteiger partial charge in [-0.05, 0) is 45.7 Å². The summed E-state index contributed by atoms with van der Waals surface area (Å²) >= 11 is 0. The monoisotopic (exact) mass is 198 g/mol. The molecule has 14 heavy (non-hydrogen) atoms. The SMILES string of the molecule is CCC(CC)N(C)CC1CCNC1C. The molecular formula is C12H26N2. The van der Waals surface area contributed by atoms with Crippen LogP contribution in [0, 0.1) is 5.92 Å². The van der Waals surface area contributed by atoms with Gasteiger partial charge in [-0.15, -0.1) is 0 Å². The molecule has 2 heteroatoms. The van der Waals surface area contributed by atoms with E-state index in [2.05, 4.69) is 38.0 Å². The number of nitrogens with one attached hydrogen (secondary N) is 1. The highest BCUT2D eigenvalue weighted by Crippen LogP contribution is 2.18. The van der Waals surface area contributed by atoms with E-state index in [1.807, 2.05) is 0 Å². The first-order valence-electron chi connectivity index (χ1n) is 6.12. The molecule has 2 atom stereocenters. The van der Waals surface area contributed by atoms with Crippen molar-refractivity contribution in [3.63, 3.8) is 0 Å². The first kappa shape index (κ1) is 12.0. The minimum atomic E-state index is 0.715. The Balaban J connectivity index is 2.34. The maximum absolute atomic E-state index is 3.52. The average Bonchev–Trinajstić information content (AvgIpc) is 2.54. The fraction of sp³-hybridized carbons (Fsp3) is 1.00. The normalized spacial score (nSPS) is 27.9. The van der Waals surface area contributed by atoms with Crippen LogP contribution in [0.25, 0.3) is 0 Å². The van der Waals surface area contributed by atoms with Gasteiger partial charge in [0.25, 0.3) is 0 Å². The molecule has 1 N–H and O–H groups in total. The lowest BCUT2D eigenvalue weighted by molar-refractivity contribution is 0.191. The van der Waals surface area contributed by atoms with Crippen molar-refractivity contribution in [2.24, 2.45) is 5.92 Å². The van der Waals surface area contributed by atoms with E-state index in [4.69, 9.17) is 0 Å². The van der Waals surface area contributed by atoms with E-state index in [9.17, 15) is 0 Å².